The predicted molar refractivity (Wildman–Crippen MR) is 141 cm³/mol. The molecule has 0 saturated carbocycles. The fourth-order valence-electron chi connectivity index (χ4n) is 4.45. The first-order valence-electron chi connectivity index (χ1n) is 11.9. The Kier molecular flexibility index (Phi) is 6.51. The highest BCUT2D eigenvalue weighted by atomic mass is 16.5. The van der Waals surface area contributed by atoms with Crippen LogP contribution in [0.15, 0.2) is 78.9 Å². The fourth-order valence-corrected chi connectivity index (χ4v) is 4.45. The van der Waals surface area contributed by atoms with Crippen molar-refractivity contribution in [1.29, 1.82) is 0 Å². The number of hydrogen-bond donors (Lipinski definition) is 2. The second kappa shape index (κ2) is 10.1. The summed E-state index contributed by atoms with van der Waals surface area (Å²) in [4.78, 5) is 27.6. The van der Waals surface area contributed by atoms with Crippen LogP contribution >= 0.6 is 0 Å². The number of ether oxygens (including phenoxy) is 2. The second-order valence-corrected chi connectivity index (χ2v) is 8.62. The number of primary amides is 1. The first-order valence-corrected chi connectivity index (χ1v) is 11.9. The molecule has 0 aliphatic carbocycles. The first kappa shape index (κ1) is 23.9. The van der Waals surface area contributed by atoms with E-state index in [1.54, 1.807) is 36.3 Å². The van der Waals surface area contributed by atoms with Gasteiger partial charge >= 0.3 is 0 Å². The summed E-state index contributed by atoms with van der Waals surface area (Å²) in [6.07, 6.45) is 0.150. The summed E-state index contributed by atoms with van der Waals surface area (Å²) in [5.74, 6) is 0.503. The maximum atomic E-state index is 13.8. The predicted octanol–water partition coefficient (Wildman–Crippen LogP) is 4.02. The molecule has 9 heteroatoms. The molecule has 1 aliphatic rings. The molecule has 3 aromatic carbocycles. The lowest BCUT2D eigenvalue weighted by atomic mass is 10.0. The summed E-state index contributed by atoms with van der Waals surface area (Å²) >= 11 is 0. The summed E-state index contributed by atoms with van der Waals surface area (Å²) in [5, 5.41) is 7.74. The summed E-state index contributed by atoms with van der Waals surface area (Å²) in [6.45, 7) is 2.30. The van der Waals surface area contributed by atoms with Crippen molar-refractivity contribution >= 4 is 23.2 Å². The standard InChI is InChI=1S/C28H27N5O4/c1-18(37-23-9-4-3-5-10-23)30-19-7-6-8-21(17-19)32-16-15-24-25(27(29)34)31-33(26(24)28(32)35)20-11-13-22(36-2)14-12-20/h3-14,17-18,30H,15-16H2,1-2H3,(H2,29,34). The minimum absolute atomic E-state index is 0.112. The van der Waals surface area contributed by atoms with Crippen molar-refractivity contribution in [3.05, 3.63) is 95.8 Å². The third-order valence-electron chi connectivity index (χ3n) is 6.15. The number of para-hydroxylation sites is 1. The summed E-state index contributed by atoms with van der Waals surface area (Å²) in [5.41, 5.74) is 8.75. The van der Waals surface area contributed by atoms with E-state index >= 15 is 0 Å². The number of carbonyl (C=O) groups is 2. The molecule has 1 unspecified atom stereocenters. The molecular formula is C28H27N5O4. The number of anilines is 2. The molecule has 1 atom stereocenters. The minimum Gasteiger partial charge on any atom is -0.497 e. The molecule has 0 spiro atoms. The van der Waals surface area contributed by atoms with Crippen LogP contribution in [0.2, 0.25) is 0 Å². The number of methoxy groups -OCH3 is 1. The molecular weight excluding hydrogens is 470 g/mol. The Morgan fingerprint density at radius 1 is 1.00 bits per heavy atom. The van der Waals surface area contributed by atoms with E-state index in [-0.39, 0.29) is 17.8 Å². The normalized spacial score (nSPS) is 13.6. The van der Waals surface area contributed by atoms with Gasteiger partial charge in [-0.1, -0.05) is 24.3 Å². The summed E-state index contributed by atoms with van der Waals surface area (Å²) < 4.78 is 12.6. The largest absolute Gasteiger partial charge is 0.497 e. The molecule has 2 amide bonds. The number of amides is 2. The van der Waals surface area contributed by atoms with Crippen molar-refractivity contribution in [2.45, 2.75) is 19.6 Å². The lowest BCUT2D eigenvalue weighted by Gasteiger charge is -2.28. The van der Waals surface area contributed by atoms with Gasteiger partial charge in [-0.3, -0.25) is 9.59 Å². The molecule has 1 aliphatic heterocycles. The number of carbonyl (C=O) groups excluding carboxylic acids is 2. The van der Waals surface area contributed by atoms with E-state index in [9.17, 15) is 9.59 Å². The zero-order chi connectivity index (χ0) is 25.9. The highest BCUT2D eigenvalue weighted by Crippen LogP contribution is 2.30. The van der Waals surface area contributed by atoms with Crippen LogP contribution in [0.3, 0.4) is 0 Å². The van der Waals surface area contributed by atoms with Gasteiger partial charge in [-0.25, -0.2) is 4.68 Å². The highest BCUT2D eigenvalue weighted by molar-refractivity contribution is 6.09. The van der Waals surface area contributed by atoms with E-state index in [0.717, 1.165) is 17.1 Å². The van der Waals surface area contributed by atoms with Crippen molar-refractivity contribution in [2.24, 2.45) is 5.73 Å². The van der Waals surface area contributed by atoms with Crippen LogP contribution in [0, 0.1) is 0 Å². The van der Waals surface area contributed by atoms with Crippen molar-refractivity contribution < 1.29 is 19.1 Å². The van der Waals surface area contributed by atoms with Crippen LogP contribution in [0.1, 0.15) is 33.5 Å². The lowest BCUT2D eigenvalue weighted by molar-refractivity contribution is 0.0972. The Morgan fingerprint density at radius 3 is 2.46 bits per heavy atom. The Bertz CT molecular complexity index is 1430. The average molecular weight is 498 g/mol. The minimum atomic E-state index is -0.664. The smallest absolute Gasteiger partial charge is 0.277 e. The summed E-state index contributed by atoms with van der Waals surface area (Å²) in [7, 11) is 1.58. The molecule has 1 aromatic heterocycles. The van der Waals surface area contributed by atoms with Crippen LogP contribution in [0.25, 0.3) is 5.69 Å². The molecule has 0 bridgehead atoms. The maximum absolute atomic E-state index is 13.8. The van der Waals surface area contributed by atoms with E-state index in [1.807, 2.05) is 61.5 Å². The Labute approximate surface area is 214 Å². The van der Waals surface area contributed by atoms with Crippen molar-refractivity contribution in [3.63, 3.8) is 0 Å². The maximum Gasteiger partial charge on any atom is 0.277 e. The molecule has 3 N–H and O–H groups in total. The molecule has 0 saturated heterocycles. The van der Waals surface area contributed by atoms with Crippen molar-refractivity contribution in [1.82, 2.24) is 9.78 Å². The topological polar surface area (TPSA) is 112 Å². The second-order valence-electron chi connectivity index (χ2n) is 8.62. The Balaban J connectivity index is 1.43. The number of nitrogens with zero attached hydrogens (tertiary/aromatic N) is 3. The molecule has 0 radical (unpaired) electrons. The van der Waals surface area contributed by atoms with E-state index in [1.165, 1.54) is 4.68 Å². The fraction of sp³-hybridized carbons (Fsp3) is 0.179. The monoisotopic (exact) mass is 497 g/mol. The average Bonchev–Trinajstić information content (AvgIpc) is 3.30. The van der Waals surface area contributed by atoms with Gasteiger partial charge in [0.25, 0.3) is 11.8 Å². The van der Waals surface area contributed by atoms with Gasteiger partial charge in [-0.05, 0) is 67.9 Å². The molecule has 37 heavy (non-hydrogen) atoms. The first-order chi connectivity index (χ1) is 17.9. The number of fused-ring (bicyclic) bond motifs is 1. The summed E-state index contributed by atoms with van der Waals surface area (Å²) in [6, 6.07) is 24.2. The van der Waals surface area contributed by atoms with Gasteiger partial charge in [-0.2, -0.15) is 5.10 Å². The Morgan fingerprint density at radius 2 is 1.76 bits per heavy atom. The van der Waals surface area contributed by atoms with Crippen LogP contribution in [-0.4, -0.2) is 41.5 Å². The number of rotatable bonds is 8. The Hall–Kier alpha value is -4.79. The van der Waals surface area contributed by atoms with Crippen LogP contribution < -0.4 is 25.4 Å². The van der Waals surface area contributed by atoms with Gasteiger partial charge in [-0.15, -0.1) is 0 Å². The van der Waals surface area contributed by atoms with Gasteiger partial charge < -0.3 is 25.4 Å². The SMILES string of the molecule is COc1ccc(-n2nc(C(N)=O)c3c2C(=O)N(c2cccc(NC(C)Oc4ccccc4)c2)CC3)cc1. The molecule has 4 aromatic rings. The third kappa shape index (κ3) is 4.84. The van der Waals surface area contributed by atoms with Gasteiger partial charge in [0, 0.05) is 23.5 Å². The third-order valence-corrected chi connectivity index (χ3v) is 6.15. The van der Waals surface area contributed by atoms with Gasteiger partial charge in [0.05, 0.1) is 12.8 Å². The quantitative estimate of drug-likeness (QED) is 0.356. The molecule has 0 fully saturated rings. The van der Waals surface area contributed by atoms with Gasteiger partial charge in [0.15, 0.2) is 11.9 Å². The zero-order valence-corrected chi connectivity index (χ0v) is 20.5. The van der Waals surface area contributed by atoms with Gasteiger partial charge in [0.1, 0.15) is 17.2 Å². The van der Waals surface area contributed by atoms with E-state index in [4.69, 9.17) is 15.2 Å². The molecule has 188 valence electrons. The van der Waals surface area contributed by atoms with Gasteiger partial charge in [0.2, 0.25) is 0 Å². The number of nitrogens with two attached hydrogens (primary N) is 1. The number of aromatic nitrogens is 2. The van der Waals surface area contributed by atoms with Crippen molar-refractivity contribution in [2.75, 3.05) is 23.9 Å². The molecule has 2 heterocycles. The van der Waals surface area contributed by atoms with Crippen LogP contribution in [0.4, 0.5) is 11.4 Å². The van der Waals surface area contributed by atoms with Crippen molar-refractivity contribution in [3.8, 4) is 17.2 Å². The highest BCUT2D eigenvalue weighted by Gasteiger charge is 2.34. The number of benzene rings is 3. The van der Waals surface area contributed by atoms with Crippen LogP contribution in [0.5, 0.6) is 11.5 Å². The number of hydrogen-bond acceptors (Lipinski definition) is 6. The van der Waals surface area contributed by atoms with Crippen LogP contribution in [-0.2, 0) is 6.42 Å². The number of nitrogens with one attached hydrogen (secondary N) is 1. The van der Waals surface area contributed by atoms with E-state index < -0.39 is 5.91 Å². The van der Waals surface area contributed by atoms with E-state index in [0.29, 0.717) is 35.7 Å². The molecule has 9 nitrogen and oxygen atoms in total. The lowest BCUT2D eigenvalue weighted by Crippen LogP contribution is -2.39. The van der Waals surface area contributed by atoms with E-state index in [2.05, 4.69) is 10.4 Å². The molecule has 5 rings (SSSR count). The zero-order valence-electron chi connectivity index (χ0n) is 20.5.